The quantitative estimate of drug-likeness (QED) is 0.578. The number of piperazine rings is 1. The average Bonchev–Trinajstić information content (AvgIpc) is 2.73. The molecule has 2 heterocycles. The second kappa shape index (κ2) is 11.2. The van der Waals surface area contributed by atoms with Crippen molar-refractivity contribution >= 4 is 24.0 Å². The molecule has 176 valence electrons. The molecule has 0 aliphatic carbocycles. The number of aromatic hydroxyl groups is 1. The van der Waals surface area contributed by atoms with Gasteiger partial charge in [-0.3, -0.25) is 23.6 Å². The van der Waals surface area contributed by atoms with Gasteiger partial charge in [0.1, 0.15) is 23.1 Å². The molecular formula is C22H31ClN4O5. The van der Waals surface area contributed by atoms with Crippen molar-refractivity contribution in [3.63, 3.8) is 0 Å². The highest BCUT2D eigenvalue weighted by Crippen LogP contribution is 2.24. The fourth-order valence-corrected chi connectivity index (χ4v) is 3.81. The number of benzene rings is 1. The minimum Gasteiger partial charge on any atom is -0.508 e. The fraction of sp³-hybridized carbons (Fsp3) is 0.500. The summed E-state index contributed by atoms with van der Waals surface area (Å²) in [5, 5.41) is 9.64. The molecule has 10 heteroatoms. The van der Waals surface area contributed by atoms with Gasteiger partial charge in [-0.1, -0.05) is 0 Å². The summed E-state index contributed by atoms with van der Waals surface area (Å²) in [5.41, 5.74) is 0.0808. The number of phenolic OH excluding ortho intramolecular Hbond substituents is 1. The maximum atomic E-state index is 12.2. The number of ketones is 1. The lowest BCUT2D eigenvalue weighted by Gasteiger charge is -2.36. The Morgan fingerprint density at radius 2 is 1.75 bits per heavy atom. The topological polar surface area (TPSA) is 97.0 Å². The van der Waals surface area contributed by atoms with Crippen LogP contribution < -0.4 is 20.9 Å². The monoisotopic (exact) mass is 466 g/mol. The number of hydrogen-bond acceptors (Lipinski definition) is 7. The molecule has 0 amide bonds. The Balaban J connectivity index is 0.00000363. The average molecular weight is 467 g/mol. The van der Waals surface area contributed by atoms with Crippen molar-refractivity contribution in [2.45, 2.75) is 19.8 Å². The number of rotatable bonds is 8. The van der Waals surface area contributed by atoms with Crippen molar-refractivity contribution in [2.75, 3.05) is 44.2 Å². The standard InChI is InChI=1S/C22H30N4O5.ClH/c1-16(27)13-17-14-18(28)5-6-19(17)31-12-4-7-25-8-10-26(11-9-25)20-15-21(29)24(3)22(30)23(20)2;/h5-6,14-15,28H,4,7-13H2,1-3H3;1H. The molecule has 0 radical (unpaired) electrons. The van der Waals surface area contributed by atoms with Gasteiger partial charge in [0.2, 0.25) is 0 Å². The molecule has 2 aromatic rings. The Morgan fingerprint density at radius 3 is 2.41 bits per heavy atom. The first-order valence-electron chi connectivity index (χ1n) is 10.4. The van der Waals surface area contributed by atoms with Crippen LogP contribution in [0.1, 0.15) is 18.9 Å². The second-order valence-corrected chi connectivity index (χ2v) is 7.94. The summed E-state index contributed by atoms with van der Waals surface area (Å²) in [4.78, 5) is 40.0. The molecule has 1 aromatic carbocycles. The number of hydrogen-bond donors (Lipinski definition) is 1. The molecule has 32 heavy (non-hydrogen) atoms. The van der Waals surface area contributed by atoms with Crippen molar-refractivity contribution < 1.29 is 14.6 Å². The largest absolute Gasteiger partial charge is 0.508 e. The lowest BCUT2D eigenvalue weighted by Crippen LogP contribution is -2.49. The van der Waals surface area contributed by atoms with Crippen LogP contribution in [0, 0.1) is 0 Å². The van der Waals surface area contributed by atoms with Crippen LogP contribution in [0.25, 0.3) is 0 Å². The van der Waals surface area contributed by atoms with E-state index in [0.717, 1.165) is 43.7 Å². The van der Waals surface area contributed by atoms with E-state index >= 15 is 0 Å². The summed E-state index contributed by atoms with van der Waals surface area (Å²) in [7, 11) is 3.17. The summed E-state index contributed by atoms with van der Waals surface area (Å²) >= 11 is 0. The van der Waals surface area contributed by atoms with Gasteiger partial charge in [-0.2, -0.15) is 0 Å². The van der Waals surface area contributed by atoms with E-state index in [1.165, 1.54) is 24.6 Å². The van der Waals surface area contributed by atoms with Gasteiger partial charge in [0.05, 0.1) is 6.61 Å². The second-order valence-electron chi connectivity index (χ2n) is 7.94. The van der Waals surface area contributed by atoms with Gasteiger partial charge >= 0.3 is 5.69 Å². The SMILES string of the molecule is CC(=O)Cc1cc(O)ccc1OCCCN1CCN(c2cc(=O)n(C)c(=O)n2C)CC1.Cl. The van der Waals surface area contributed by atoms with Gasteiger partial charge < -0.3 is 14.7 Å². The van der Waals surface area contributed by atoms with Crippen LogP contribution in [0.15, 0.2) is 33.9 Å². The van der Waals surface area contributed by atoms with Gasteiger partial charge in [-0.25, -0.2) is 4.79 Å². The van der Waals surface area contributed by atoms with Crippen LogP contribution >= 0.6 is 12.4 Å². The normalized spacial score (nSPS) is 14.2. The molecule has 1 fully saturated rings. The highest BCUT2D eigenvalue weighted by Gasteiger charge is 2.20. The Hall–Kier alpha value is -2.78. The molecule has 1 aliphatic rings. The zero-order valence-corrected chi connectivity index (χ0v) is 19.6. The first-order chi connectivity index (χ1) is 14.8. The van der Waals surface area contributed by atoms with E-state index in [9.17, 15) is 19.5 Å². The number of carbonyl (C=O) groups excluding carboxylic acids is 1. The maximum absolute atomic E-state index is 12.2. The smallest absolute Gasteiger partial charge is 0.332 e. The molecule has 0 bridgehead atoms. The van der Waals surface area contributed by atoms with Crippen LogP contribution in [0.4, 0.5) is 5.82 Å². The Morgan fingerprint density at radius 1 is 1.06 bits per heavy atom. The summed E-state index contributed by atoms with van der Waals surface area (Å²) in [6.07, 6.45) is 1.06. The molecule has 3 rings (SSSR count). The van der Waals surface area contributed by atoms with Crippen molar-refractivity contribution in [1.82, 2.24) is 14.0 Å². The van der Waals surface area contributed by atoms with E-state index in [2.05, 4.69) is 9.80 Å². The van der Waals surface area contributed by atoms with Crippen LogP contribution in [0.3, 0.4) is 0 Å². The summed E-state index contributed by atoms with van der Waals surface area (Å²) in [5.74, 6) is 1.42. The van der Waals surface area contributed by atoms with E-state index in [4.69, 9.17) is 4.74 Å². The zero-order valence-electron chi connectivity index (χ0n) is 18.7. The summed E-state index contributed by atoms with van der Waals surface area (Å²) in [6.45, 7) is 6.03. The predicted molar refractivity (Wildman–Crippen MR) is 125 cm³/mol. The molecule has 0 spiro atoms. The molecule has 0 atom stereocenters. The van der Waals surface area contributed by atoms with Gasteiger partial charge in [0.15, 0.2) is 0 Å². The van der Waals surface area contributed by atoms with Crippen LogP contribution in [0.5, 0.6) is 11.5 Å². The Kier molecular flexibility index (Phi) is 8.91. The van der Waals surface area contributed by atoms with Crippen LogP contribution in [-0.4, -0.2) is 64.3 Å². The molecule has 0 unspecified atom stereocenters. The number of carbonyl (C=O) groups is 1. The van der Waals surface area contributed by atoms with Crippen molar-refractivity contribution in [3.05, 3.63) is 50.7 Å². The van der Waals surface area contributed by atoms with Gasteiger partial charge in [0.25, 0.3) is 5.56 Å². The molecule has 1 N–H and O–H groups in total. The first kappa shape index (κ1) is 25.5. The van der Waals surface area contributed by atoms with E-state index in [0.29, 0.717) is 23.7 Å². The number of halogens is 1. The third-order valence-corrected chi connectivity index (χ3v) is 5.56. The molecule has 1 saturated heterocycles. The van der Waals surface area contributed by atoms with Crippen LogP contribution in [0.2, 0.25) is 0 Å². The number of phenols is 1. The lowest BCUT2D eigenvalue weighted by atomic mass is 10.1. The third-order valence-electron chi connectivity index (χ3n) is 5.56. The van der Waals surface area contributed by atoms with E-state index in [1.807, 2.05) is 0 Å². The summed E-state index contributed by atoms with van der Waals surface area (Å²) in [6, 6.07) is 6.34. The molecule has 1 aromatic heterocycles. The molecule has 1 aliphatic heterocycles. The minimum atomic E-state index is -0.319. The third kappa shape index (κ3) is 6.14. The molecule has 9 nitrogen and oxygen atoms in total. The minimum absolute atomic E-state index is 0. The highest BCUT2D eigenvalue weighted by molar-refractivity contribution is 5.85. The highest BCUT2D eigenvalue weighted by atomic mass is 35.5. The fourth-order valence-electron chi connectivity index (χ4n) is 3.81. The van der Waals surface area contributed by atoms with E-state index in [-0.39, 0.29) is 41.6 Å². The van der Waals surface area contributed by atoms with E-state index < -0.39 is 0 Å². The number of anilines is 1. The number of ether oxygens (including phenoxy) is 1. The lowest BCUT2D eigenvalue weighted by molar-refractivity contribution is -0.116. The van der Waals surface area contributed by atoms with Crippen LogP contribution in [-0.2, 0) is 25.3 Å². The maximum Gasteiger partial charge on any atom is 0.332 e. The number of nitrogens with zero attached hydrogens (tertiary/aromatic N) is 4. The zero-order chi connectivity index (χ0) is 22.5. The van der Waals surface area contributed by atoms with E-state index in [1.54, 1.807) is 25.2 Å². The Labute approximate surface area is 193 Å². The molecule has 0 saturated carbocycles. The first-order valence-corrected chi connectivity index (χ1v) is 10.4. The Bertz CT molecular complexity index is 1060. The van der Waals surface area contributed by atoms with Crippen molar-refractivity contribution in [2.24, 2.45) is 14.1 Å². The van der Waals surface area contributed by atoms with Gasteiger partial charge in [-0.15, -0.1) is 12.4 Å². The summed E-state index contributed by atoms with van der Waals surface area (Å²) < 4.78 is 8.47. The van der Waals surface area contributed by atoms with Gasteiger partial charge in [0, 0.05) is 64.9 Å². The van der Waals surface area contributed by atoms with Crippen molar-refractivity contribution in [3.8, 4) is 11.5 Å². The number of Topliss-reactive ketones (excluding diaryl/α,β-unsaturated/α-hetero) is 1. The molecular weight excluding hydrogens is 436 g/mol. The van der Waals surface area contributed by atoms with Crippen molar-refractivity contribution in [1.29, 1.82) is 0 Å². The predicted octanol–water partition coefficient (Wildman–Crippen LogP) is 0.934. The van der Waals surface area contributed by atoms with Gasteiger partial charge in [-0.05, 0) is 31.5 Å². The number of aromatic nitrogens is 2.